The van der Waals surface area contributed by atoms with Crippen LogP contribution in [-0.4, -0.2) is 41.4 Å². The summed E-state index contributed by atoms with van der Waals surface area (Å²) in [6.07, 6.45) is -1.00. The molecule has 0 atom stereocenters. The molecule has 0 aliphatic carbocycles. The number of carboxylic acid groups (broad SMARTS) is 1. The van der Waals surface area contributed by atoms with Gasteiger partial charge in [-0.3, -0.25) is 10.9 Å². The van der Waals surface area contributed by atoms with Gasteiger partial charge in [0, 0.05) is 7.05 Å². The average Bonchev–Trinajstić information content (AvgIpc) is 2.08. The Morgan fingerprint density at radius 3 is 2.69 bits per heavy atom. The van der Waals surface area contributed by atoms with Gasteiger partial charge in [0.15, 0.2) is 5.84 Å². The highest BCUT2D eigenvalue weighted by atomic mass is 16.4. The number of hydrazone groups is 2. The Hall–Kier alpha value is -1.79. The monoisotopic (exact) mass is 185 g/mol. The molecule has 0 spiro atoms. The third-order valence-corrected chi connectivity index (χ3v) is 1.42. The van der Waals surface area contributed by atoms with E-state index in [4.69, 9.17) is 5.11 Å². The zero-order valence-corrected chi connectivity index (χ0v) is 7.40. The Labute approximate surface area is 75.1 Å². The second-order valence-corrected chi connectivity index (χ2v) is 2.62. The molecule has 0 fully saturated rings. The van der Waals surface area contributed by atoms with E-state index in [1.807, 2.05) is 0 Å². The Balaban J connectivity index is 2.44. The van der Waals surface area contributed by atoms with Crippen LogP contribution < -0.4 is 10.9 Å². The van der Waals surface area contributed by atoms with E-state index < -0.39 is 6.09 Å². The van der Waals surface area contributed by atoms with Crippen molar-refractivity contribution in [2.75, 3.05) is 13.6 Å². The van der Waals surface area contributed by atoms with E-state index >= 15 is 0 Å². The summed E-state index contributed by atoms with van der Waals surface area (Å²) in [6.45, 7) is 1.92. The lowest BCUT2D eigenvalue weighted by Gasteiger charge is -2.16. The molecule has 1 amide bonds. The molecule has 0 saturated heterocycles. The van der Waals surface area contributed by atoms with E-state index in [0.29, 0.717) is 11.7 Å². The smallest absolute Gasteiger partial charge is 0.407 e. The van der Waals surface area contributed by atoms with Crippen LogP contribution in [-0.2, 0) is 0 Å². The van der Waals surface area contributed by atoms with E-state index in [0.717, 1.165) is 4.90 Å². The highest BCUT2D eigenvalue weighted by Gasteiger charge is 2.11. The SMILES string of the molecule is CC1=NNC(CN(C)C(=O)O)=NN1. The summed E-state index contributed by atoms with van der Waals surface area (Å²) in [7, 11) is 1.46. The Kier molecular flexibility index (Phi) is 2.68. The molecule has 0 aromatic carbocycles. The maximum atomic E-state index is 10.4. The lowest BCUT2D eigenvalue weighted by atomic mass is 10.5. The molecule has 1 rings (SSSR count). The molecule has 1 aliphatic heterocycles. The number of rotatable bonds is 2. The van der Waals surface area contributed by atoms with Gasteiger partial charge in [0.05, 0.1) is 6.54 Å². The topological polar surface area (TPSA) is 89.3 Å². The first kappa shape index (κ1) is 9.30. The van der Waals surface area contributed by atoms with Crippen molar-refractivity contribution in [2.45, 2.75) is 6.92 Å². The number of nitrogens with one attached hydrogen (secondary N) is 2. The van der Waals surface area contributed by atoms with Crippen molar-refractivity contribution in [3.8, 4) is 0 Å². The molecule has 7 heteroatoms. The summed E-state index contributed by atoms with van der Waals surface area (Å²) in [5, 5.41) is 16.2. The molecule has 3 N–H and O–H groups in total. The van der Waals surface area contributed by atoms with E-state index in [1.165, 1.54) is 7.05 Å². The van der Waals surface area contributed by atoms with Crippen molar-refractivity contribution < 1.29 is 9.90 Å². The quantitative estimate of drug-likeness (QED) is 0.537. The van der Waals surface area contributed by atoms with Gasteiger partial charge in [0.25, 0.3) is 0 Å². The van der Waals surface area contributed by atoms with Gasteiger partial charge >= 0.3 is 6.09 Å². The third-order valence-electron chi connectivity index (χ3n) is 1.42. The summed E-state index contributed by atoms with van der Waals surface area (Å²) in [5.41, 5.74) is 5.26. The van der Waals surface area contributed by atoms with Crippen LogP contribution in [0, 0.1) is 0 Å². The number of nitrogens with zero attached hydrogens (tertiary/aromatic N) is 3. The molecule has 0 unspecified atom stereocenters. The minimum Gasteiger partial charge on any atom is -0.465 e. The predicted octanol–water partition coefficient (Wildman–Crippen LogP) is -0.564. The van der Waals surface area contributed by atoms with Crippen LogP contribution >= 0.6 is 0 Å². The van der Waals surface area contributed by atoms with Gasteiger partial charge in [-0.2, -0.15) is 10.2 Å². The first-order valence-electron chi connectivity index (χ1n) is 3.66. The van der Waals surface area contributed by atoms with Gasteiger partial charge in [-0.25, -0.2) is 4.79 Å². The Bertz CT molecular complexity index is 272. The molecule has 0 aromatic rings. The van der Waals surface area contributed by atoms with E-state index in [9.17, 15) is 4.79 Å². The van der Waals surface area contributed by atoms with Crippen LogP contribution in [0.1, 0.15) is 6.92 Å². The number of carbonyl (C=O) groups is 1. The van der Waals surface area contributed by atoms with Crippen molar-refractivity contribution in [3.63, 3.8) is 0 Å². The summed E-state index contributed by atoms with van der Waals surface area (Å²) < 4.78 is 0. The van der Waals surface area contributed by atoms with Crippen LogP contribution in [0.4, 0.5) is 4.79 Å². The van der Waals surface area contributed by atoms with Gasteiger partial charge in [0.1, 0.15) is 5.84 Å². The molecule has 0 aromatic heterocycles. The number of amides is 1. The van der Waals surface area contributed by atoms with Crippen LogP contribution in [0.15, 0.2) is 10.2 Å². The zero-order valence-electron chi connectivity index (χ0n) is 7.40. The Morgan fingerprint density at radius 1 is 1.54 bits per heavy atom. The number of amidine groups is 2. The number of likely N-dealkylation sites (N-methyl/N-ethyl adjacent to an activating group) is 1. The number of hydrogen-bond acceptors (Lipinski definition) is 5. The highest BCUT2D eigenvalue weighted by molar-refractivity contribution is 5.91. The third kappa shape index (κ3) is 2.62. The van der Waals surface area contributed by atoms with Gasteiger partial charge in [-0.15, -0.1) is 0 Å². The lowest BCUT2D eigenvalue weighted by Crippen LogP contribution is -2.40. The van der Waals surface area contributed by atoms with E-state index in [-0.39, 0.29) is 6.54 Å². The maximum absolute atomic E-state index is 10.4. The minimum atomic E-state index is -1.00. The molecule has 7 nitrogen and oxygen atoms in total. The van der Waals surface area contributed by atoms with Crippen LogP contribution in [0.3, 0.4) is 0 Å². The maximum Gasteiger partial charge on any atom is 0.407 e. The lowest BCUT2D eigenvalue weighted by molar-refractivity contribution is 0.161. The van der Waals surface area contributed by atoms with E-state index in [1.54, 1.807) is 6.92 Å². The molecule has 1 aliphatic rings. The Morgan fingerprint density at radius 2 is 2.23 bits per heavy atom. The second kappa shape index (κ2) is 3.74. The first-order chi connectivity index (χ1) is 6.09. The van der Waals surface area contributed by atoms with Gasteiger partial charge < -0.3 is 10.0 Å². The molecule has 72 valence electrons. The molecule has 13 heavy (non-hydrogen) atoms. The van der Waals surface area contributed by atoms with Crippen LogP contribution in [0.2, 0.25) is 0 Å². The predicted molar refractivity (Wildman–Crippen MR) is 47.5 cm³/mol. The first-order valence-corrected chi connectivity index (χ1v) is 3.66. The molecular weight excluding hydrogens is 174 g/mol. The standard InChI is InChI=1S/C6H11N5O2/c1-4-7-9-5(10-8-4)3-11(2)6(12)13/h3H2,1-2H3,(H,7,8)(H,9,10)(H,12,13). The van der Waals surface area contributed by atoms with Gasteiger partial charge in [0.2, 0.25) is 0 Å². The average molecular weight is 185 g/mol. The molecule has 1 heterocycles. The molecule has 0 saturated carbocycles. The second-order valence-electron chi connectivity index (χ2n) is 2.62. The van der Waals surface area contributed by atoms with Crippen molar-refractivity contribution in [3.05, 3.63) is 0 Å². The minimum absolute atomic E-state index is 0.180. The molecule has 0 bridgehead atoms. The highest BCUT2D eigenvalue weighted by Crippen LogP contribution is 1.88. The fourth-order valence-corrected chi connectivity index (χ4v) is 0.710. The normalized spacial score (nSPS) is 14.9. The fraction of sp³-hybridized carbons (Fsp3) is 0.500. The van der Waals surface area contributed by atoms with Crippen molar-refractivity contribution >= 4 is 17.8 Å². The van der Waals surface area contributed by atoms with Gasteiger partial charge in [-0.05, 0) is 6.92 Å². The number of hydrogen-bond donors (Lipinski definition) is 3. The van der Waals surface area contributed by atoms with Crippen LogP contribution in [0.5, 0.6) is 0 Å². The summed E-state index contributed by atoms with van der Waals surface area (Å²) >= 11 is 0. The summed E-state index contributed by atoms with van der Waals surface area (Å²) in [6, 6.07) is 0. The fourth-order valence-electron chi connectivity index (χ4n) is 0.710. The molecular formula is C6H11N5O2. The van der Waals surface area contributed by atoms with E-state index in [2.05, 4.69) is 21.1 Å². The van der Waals surface area contributed by atoms with Crippen molar-refractivity contribution in [2.24, 2.45) is 10.2 Å². The summed E-state index contributed by atoms with van der Waals surface area (Å²) in [5.74, 6) is 1.11. The van der Waals surface area contributed by atoms with Gasteiger partial charge in [-0.1, -0.05) is 0 Å². The van der Waals surface area contributed by atoms with Crippen molar-refractivity contribution in [1.29, 1.82) is 0 Å². The largest absolute Gasteiger partial charge is 0.465 e. The summed E-state index contributed by atoms with van der Waals surface area (Å²) in [4.78, 5) is 11.5. The molecule has 0 radical (unpaired) electrons. The van der Waals surface area contributed by atoms with Crippen LogP contribution in [0.25, 0.3) is 0 Å². The zero-order chi connectivity index (χ0) is 9.84. The van der Waals surface area contributed by atoms with Crippen molar-refractivity contribution in [1.82, 2.24) is 15.8 Å².